The van der Waals surface area contributed by atoms with Crippen molar-refractivity contribution in [1.29, 1.82) is 0 Å². The molecule has 2 unspecified atom stereocenters. The fourth-order valence-electron chi connectivity index (χ4n) is 2.87. The number of hydrogen-bond acceptors (Lipinski definition) is 3. The first-order chi connectivity index (χ1) is 11.2. The predicted molar refractivity (Wildman–Crippen MR) is 88.4 cm³/mol. The molecule has 0 bridgehead atoms. The molecule has 4 nitrogen and oxygen atoms in total. The Balaban J connectivity index is 1.48. The highest BCUT2D eigenvalue weighted by atomic mass is 19.1. The number of aromatic nitrogens is 2. The predicted octanol–water partition coefficient (Wildman–Crippen LogP) is 3.08. The van der Waals surface area contributed by atoms with E-state index in [9.17, 15) is 4.39 Å². The van der Waals surface area contributed by atoms with Crippen molar-refractivity contribution in [3.8, 4) is 0 Å². The third-order valence-electron chi connectivity index (χ3n) is 4.17. The Bertz CT molecular complexity index is 651. The van der Waals surface area contributed by atoms with E-state index in [1.807, 2.05) is 23.9 Å². The van der Waals surface area contributed by atoms with Crippen LogP contribution >= 0.6 is 0 Å². The van der Waals surface area contributed by atoms with Crippen molar-refractivity contribution in [1.82, 2.24) is 14.9 Å². The molecule has 1 aromatic carbocycles. The first kappa shape index (κ1) is 15.9. The summed E-state index contributed by atoms with van der Waals surface area (Å²) in [6, 6.07) is 6.94. The summed E-state index contributed by atoms with van der Waals surface area (Å²) in [5, 5.41) is 3.54. The summed E-state index contributed by atoms with van der Waals surface area (Å²) in [6.07, 6.45) is 9.83. The number of benzene rings is 1. The number of ether oxygens (including phenoxy) is 1. The zero-order valence-corrected chi connectivity index (χ0v) is 13.3. The van der Waals surface area contributed by atoms with Gasteiger partial charge in [0.25, 0.3) is 0 Å². The van der Waals surface area contributed by atoms with Crippen molar-refractivity contribution in [2.24, 2.45) is 7.05 Å². The molecule has 23 heavy (non-hydrogen) atoms. The van der Waals surface area contributed by atoms with E-state index in [2.05, 4.69) is 16.4 Å². The van der Waals surface area contributed by atoms with Gasteiger partial charge in [-0.25, -0.2) is 9.37 Å². The Hall–Kier alpha value is -1.98. The van der Waals surface area contributed by atoms with Gasteiger partial charge in [-0.05, 0) is 30.5 Å². The lowest BCUT2D eigenvalue weighted by molar-refractivity contribution is -0.00314. The smallest absolute Gasteiger partial charge is 0.123 e. The largest absolute Gasteiger partial charge is 0.372 e. The van der Waals surface area contributed by atoms with E-state index in [1.54, 1.807) is 18.5 Å². The first-order valence-corrected chi connectivity index (χ1v) is 7.95. The fraction of sp³-hybridized carbons (Fsp3) is 0.389. The molecular formula is C18H22FN3O. The SMILES string of the molecule is Cn1cncc1C1CC(NC/C=C/c2ccc(F)cc2)CCO1. The van der Waals surface area contributed by atoms with E-state index >= 15 is 0 Å². The van der Waals surface area contributed by atoms with E-state index in [-0.39, 0.29) is 11.9 Å². The van der Waals surface area contributed by atoms with Gasteiger partial charge < -0.3 is 14.6 Å². The van der Waals surface area contributed by atoms with Gasteiger partial charge in [0.1, 0.15) is 11.9 Å². The van der Waals surface area contributed by atoms with Gasteiger partial charge in [0.2, 0.25) is 0 Å². The number of nitrogens with zero attached hydrogens (tertiary/aromatic N) is 2. The maximum atomic E-state index is 12.8. The number of imidazole rings is 1. The summed E-state index contributed by atoms with van der Waals surface area (Å²) in [6.45, 7) is 1.55. The third-order valence-corrected chi connectivity index (χ3v) is 4.17. The second kappa shape index (κ2) is 7.53. The number of aryl methyl sites for hydroxylation is 1. The molecule has 0 aliphatic carbocycles. The molecule has 2 aromatic rings. The Morgan fingerprint density at radius 3 is 2.96 bits per heavy atom. The van der Waals surface area contributed by atoms with Gasteiger partial charge in [0.05, 0.1) is 18.2 Å². The molecule has 0 radical (unpaired) electrons. The molecule has 2 heterocycles. The van der Waals surface area contributed by atoms with E-state index in [1.165, 1.54) is 12.1 Å². The quantitative estimate of drug-likeness (QED) is 0.921. The third kappa shape index (κ3) is 4.27. The summed E-state index contributed by atoms with van der Waals surface area (Å²) in [7, 11) is 1.99. The number of halogens is 1. The molecule has 122 valence electrons. The van der Waals surface area contributed by atoms with Gasteiger partial charge in [0, 0.05) is 26.2 Å². The molecule has 5 heteroatoms. The van der Waals surface area contributed by atoms with Crippen LogP contribution in [0.25, 0.3) is 6.08 Å². The molecule has 0 amide bonds. The monoisotopic (exact) mass is 315 g/mol. The second-order valence-electron chi connectivity index (χ2n) is 5.87. The molecule has 1 saturated heterocycles. The lowest BCUT2D eigenvalue weighted by Crippen LogP contribution is -2.36. The van der Waals surface area contributed by atoms with Crippen LogP contribution in [0.1, 0.15) is 30.2 Å². The van der Waals surface area contributed by atoms with Crippen LogP contribution in [0.2, 0.25) is 0 Å². The molecule has 0 spiro atoms. The van der Waals surface area contributed by atoms with Crippen molar-refractivity contribution in [2.75, 3.05) is 13.2 Å². The molecule has 1 fully saturated rings. The highest BCUT2D eigenvalue weighted by Crippen LogP contribution is 2.27. The minimum absolute atomic E-state index is 0.106. The van der Waals surface area contributed by atoms with E-state index in [0.29, 0.717) is 6.04 Å². The normalized spacial score (nSPS) is 21.8. The van der Waals surface area contributed by atoms with Crippen LogP contribution in [0.5, 0.6) is 0 Å². The highest BCUT2D eigenvalue weighted by Gasteiger charge is 2.25. The minimum atomic E-state index is -0.205. The molecular weight excluding hydrogens is 293 g/mol. The van der Waals surface area contributed by atoms with Crippen LogP contribution in [0.15, 0.2) is 42.9 Å². The second-order valence-corrected chi connectivity index (χ2v) is 5.87. The topological polar surface area (TPSA) is 39.1 Å². The maximum Gasteiger partial charge on any atom is 0.123 e. The zero-order valence-electron chi connectivity index (χ0n) is 13.3. The van der Waals surface area contributed by atoms with Gasteiger partial charge >= 0.3 is 0 Å². The van der Waals surface area contributed by atoms with Crippen molar-refractivity contribution < 1.29 is 9.13 Å². The molecule has 1 N–H and O–H groups in total. The van der Waals surface area contributed by atoms with Crippen molar-refractivity contribution >= 4 is 6.08 Å². The van der Waals surface area contributed by atoms with Crippen LogP contribution in [0.3, 0.4) is 0 Å². The summed E-state index contributed by atoms with van der Waals surface area (Å²) in [5.41, 5.74) is 2.13. The number of rotatable bonds is 5. The Morgan fingerprint density at radius 2 is 2.22 bits per heavy atom. The lowest BCUT2D eigenvalue weighted by atomic mass is 10.0. The Labute approximate surface area is 136 Å². The number of nitrogens with one attached hydrogen (secondary N) is 1. The van der Waals surface area contributed by atoms with E-state index < -0.39 is 0 Å². The van der Waals surface area contributed by atoms with Crippen molar-refractivity contribution in [2.45, 2.75) is 25.0 Å². The first-order valence-electron chi connectivity index (χ1n) is 7.95. The Morgan fingerprint density at radius 1 is 1.39 bits per heavy atom. The average Bonchev–Trinajstić information content (AvgIpc) is 3.00. The van der Waals surface area contributed by atoms with Gasteiger partial charge in [-0.3, -0.25) is 0 Å². The number of hydrogen-bond donors (Lipinski definition) is 1. The average molecular weight is 315 g/mol. The highest BCUT2D eigenvalue weighted by molar-refractivity contribution is 5.48. The molecule has 0 saturated carbocycles. The zero-order chi connectivity index (χ0) is 16.1. The Kier molecular flexibility index (Phi) is 5.20. The van der Waals surface area contributed by atoms with Crippen LogP contribution in [0.4, 0.5) is 4.39 Å². The van der Waals surface area contributed by atoms with Gasteiger partial charge in [-0.15, -0.1) is 0 Å². The summed E-state index contributed by atoms with van der Waals surface area (Å²) < 4.78 is 20.7. The van der Waals surface area contributed by atoms with Gasteiger partial charge in [0.15, 0.2) is 0 Å². The van der Waals surface area contributed by atoms with Crippen LogP contribution in [0, 0.1) is 5.82 Å². The molecule has 3 rings (SSSR count). The van der Waals surface area contributed by atoms with Gasteiger partial charge in [-0.1, -0.05) is 24.3 Å². The van der Waals surface area contributed by atoms with Crippen LogP contribution < -0.4 is 5.32 Å². The minimum Gasteiger partial charge on any atom is -0.372 e. The summed E-state index contributed by atoms with van der Waals surface area (Å²) in [5.74, 6) is -0.205. The van der Waals surface area contributed by atoms with Crippen LogP contribution in [-0.4, -0.2) is 28.7 Å². The van der Waals surface area contributed by atoms with Crippen molar-refractivity contribution in [3.05, 3.63) is 59.9 Å². The summed E-state index contributed by atoms with van der Waals surface area (Å²) in [4.78, 5) is 4.16. The molecule has 2 atom stereocenters. The van der Waals surface area contributed by atoms with Crippen molar-refractivity contribution in [3.63, 3.8) is 0 Å². The standard InChI is InChI=1S/C18H22FN3O/c1-22-13-20-12-17(22)18-11-16(8-10-23-18)21-9-2-3-14-4-6-15(19)7-5-14/h2-7,12-13,16,18,21H,8-11H2,1H3/b3-2+. The maximum absolute atomic E-state index is 12.8. The fourth-order valence-corrected chi connectivity index (χ4v) is 2.87. The lowest BCUT2D eigenvalue weighted by Gasteiger charge is -2.30. The van der Waals surface area contributed by atoms with E-state index in [0.717, 1.165) is 37.3 Å². The molecule has 1 aromatic heterocycles. The summed E-state index contributed by atoms with van der Waals surface area (Å²) >= 11 is 0. The van der Waals surface area contributed by atoms with Crippen LogP contribution in [-0.2, 0) is 11.8 Å². The van der Waals surface area contributed by atoms with Gasteiger partial charge in [-0.2, -0.15) is 0 Å². The molecule has 1 aliphatic heterocycles. The molecule has 1 aliphatic rings. The van der Waals surface area contributed by atoms with E-state index in [4.69, 9.17) is 4.74 Å².